The molecule has 3 aromatic carbocycles. The van der Waals surface area contributed by atoms with Crippen molar-refractivity contribution >= 4 is 23.3 Å². The number of benzene rings is 3. The molecule has 4 aromatic rings. The molecule has 3 heteroatoms. The molecule has 0 aliphatic carbocycles. The first-order valence-electron chi connectivity index (χ1n) is 7.71. The molecule has 1 aromatic heterocycles. The van der Waals surface area contributed by atoms with Gasteiger partial charge in [0.1, 0.15) is 11.3 Å². The summed E-state index contributed by atoms with van der Waals surface area (Å²) in [5, 5.41) is 9.30. The van der Waals surface area contributed by atoms with Gasteiger partial charge in [0.15, 0.2) is 5.58 Å². The fourth-order valence-corrected chi connectivity index (χ4v) is 2.58. The maximum atomic E-state index is 9.30. The molecule has 4 rings (SSSR count). The molecule has 3 nitrogen and oxygen atoms in total. The summed E-state index contributed by atoms with van der Waals surface area (Å²) in [5.41, 5.74) is 4.84. The molecule has 0 bridgehead atoms. The van der Waals surface area contributed by atoms with Crippen molar-refractivity contribution in [2.75, 3.05) is 0 Å². The number of hydrogen-bond donors (Lipinski definition) is 1. The zero-order chi connectivity index (χ0) is 16.4. The fraction of sp³-hybridized carbons (Fsp3) is 0. The lowest BCUT2D eigenvalue weighted by molar-refractivity contribution is 0.475. The van der Waals surface area contributed by atoms with Gasteiger partial charge in [-0.1, -0.05) is 48.5 Å². The molecule has 116 valence electrons. The molecule has 0 aliphatic heterocycles. The highest BCUT2D eigenvalue weighted by Crippen LogP contribution is 2.25. The average molecular weight is 313 g/mol. The number of hydrogen-bond acceptors (Lipinski definition) is 3. The topological polar surface area (TPSA) is 46.3 Å². The Bertz CT molecular complexity index is 999. The first-order valence-corrected chi connectivity index (χ1v) is 7.71. The number of phenols is 1. The summed E-state index contributed by atoms with van der Waals surface area (Å²) in [4.78, 5) is 4.53. The molecule has 0 aliphatic rings. The number of aromatic hydroxyl groups is 1. The normalized spacial score (nSPS) is 11.3. The van der Waals surface area contributed by atoms with Crippen LogP contribution < -0.4 is 0 Å². The molecule has 0 saturated heterocycles. The minimum absolute atomic E-state index is 0.252. The second-order valence-electron chi connectivity index (χ2n) is 5.53. The third kappa shape index (κ3) is 2.92. The van der Waals surface area contributed by atoms with Gasteiger partial charge in [0.2, 0.25) is 5.89 Å². The van der Waals surface area contributed by atoms with Gasteiger partial charge in [0.05, 0.1) is 0 Å². The highest BCUT2D eigenvalue weighted by atomic mass is 16.3. The van der Waals surface area contributed by atoms with Gasteiger partial charge in [-0.15, -0.1) is 0 Å². The maximum absolute atomic E-state index is 9.30. The van der Waals surface area contributed by atoms with Crippen molar-refractivity contribution in [1.82, 2.24) is 4.98 Å². The molecule has 0 amide bonds. The van der Waals surface area contributed by atoms with Gasteiger partial charge in [-0.2, -0.15) is 0 Å². The lowest BCUT2D eigenvalue weighted by Gasteiger charge is -1.99. The Morgan fingerprint density at radius 2 is 1.58 bits per heavy atom. The van der Waals surface area contributed by atoms with Crippen LogP contribution >= 0.6 is 0 Å². The first-order chi connectivity index (χ1) is 11.8. The molecule has 0 radical (unpaired) electrons. The van der Waals surface area contributed by atoms with Crippen LogP contribution in [0.5, 0.6) is 5.75 Å². The standard InChI is InChI=1S/C21H15NO2/c23-18-10-6-15(7-11-18)8-13-21-22-19-14-17(9-12-20(19)24-21)16-4-2-1-3-5-16/h1-14,23H. The summed E-state index contributed by atoms with van der Waals surface area (Å²) >= 11 is 0. The number of nitrogens with zero attached hydrogens (tertiary/aromatic N) is 1. The van der Waals surface area contributed by atoms with E-state index in [0.717, 1.165) is 27.8 Å². The highest BCUT2D eigenvalue weighted by Gasteiger charge is 2.05. The number of oxazole rings is 1. The van der Waals surface area contributed by atoms with E-state index in [1.54, 1.807) is 12.1 Å². The molecule has 1 N–H and O–H groups in total. The molecule has 0 saturated carbocycles. The van der Waals surface area contributed by atoms with Crippen LogP contribution in [0.2, 0.25) is 0 Å². The Kier molecular flexibility index (Phi) is 3.60. The van der Waals surface area contributed by atoms with Crippen molar-refractivity contribution in [3.05, 3.63) is 84.3 Å². The highest BCUT2D eigenvalue weighted by molar-refractivity contribution is 5.82. The van der Waals surface area contributed by atoms with E-state index in [1.807, 2.05) is 60.7 Å². The summed E-state index contributed by atoms with van der Waals surface area (Å²) in [7, 11) is 0. The molecular formula is C21H15NO2. The van der Waals surface area contributed by atoms with E-state index >= 15 is 0 Å². The molecule has 1 heterocycles. The Morgan fingerprint density at radius 1 is 0.792 bits per heavy atom. The number of rotatable bonds is 3. The lowest BCUT2D eigenvalue weighted by Crippen LogP contribution is -1.77. The van der Waals surface area contributed by atoms with Crippen molar-refractivity contribution in [2.45, 2.75) is 0 Å². The van der Waals surface area contributed by atoms with E-state index in [4.69, 9.17) is 4.42 Å². The van der Waals surface area contributed by atoms with Gasteiger partial charge in [0, 0.05) is 6.08 Å². The third-order valence-electron chi connectivity index (χ3n) is 3.82. The minimum Gasteiger partial charge on any atom is -0.508 e. The van der Waals surface area contributed by atoms with E-state index in [0.29, 0.717) is 5.89 Å². The molecule has 0 spiro atoms. The molecular weight excluding hydrogens is 298 g/mol. The lowest BCUT2D eigenvalue weighted by atomic mass is 10.1. The first kappa shape index (κ1) is 14.3. The number of fused-ring (bicyclic) bond motifs is 1. The average Bonchev–Trinajstić information content (AvgIpc) is 3.04. The van der Waals surface area contributed by atoms with Crippen LogP contribution in [-0.4, -0.2) is 10.1 Å². The monoisotopic (exact) mass is 313 g/mol. The smallest absolute Gasteiger partial charge is 0.220 e. The number of aromatic nitrogens is 1. The SMILES string of the molecule is Oc1ccc(C=Cc2nc3cc(-c4ccccc4)ccc3o2)cc1. The summed E-state index contributed by atoms with van der Waals surface area (Å²) in [6.45, 7) is 0. The van der Waals surface area contributed by atoms with Crippen molar-refractivity contribution in [3.8, 4) is 16.9 Å². The van der Waals surface area contributed by atoms with Gasteiger partial charge in [-0.25, -0.2) is 4.98 Å². The second kappa shape index (κ2) is 6.05. The van der Waals surface area contributed by atoms with E-state index in [-0.39, 0.29) is 5.75 Å². The van der Waals surface area contributed by atoms with E-state index in [2.05, 4.69) is 17.1 Å². The zero-order valence-electron chi connectivity index (χ0n) is 12.9. The Balaban J connectivity index is 1.64. The van der Waals surface area contributed by atoms with Gasteiger partial charge in [-0.05, 0) is 47.0 Å². The molecule has 0 fully saturated rings. The molecule has 0 atom stereocenters. The van der Waals surface area contributed by atoms with Gasteiger partial charge in [-0.3, -0.25) is 0 Å². The maximum Gasteiger partial charge on any atom is 0.220 e. The molecule has 24 heavy (non-hydrogen) atoms. The Labute approximate surface area is 139 Å². The Hall–Kier alpha value is -3.33. The van der Waals surface area contributed by atoms with Gasteiger partial charge < -0.3 is 9.52 Å². The quantitative estimate of drug-likeness (QED) is 0.553. The minimum atomic E-state index is 0.252. The number of phenolic OH excluding ortho intramolecular Hbond substituents is 1. The van der Waals surface area contributed by atoms with E-state index in [9.17, 15) is 5.11 Å². The van der Waals surface area contributed by atoms with Crippen LogP contribution in [-0.2, 0) is 0 Å². The van der Waals surface area contributed by atoms with E-state index < -0.39 is 0 Å². The molecule has 0 unspecified atom stereocenters. The fourth-order valence-electron chi connectivity index (χ4n) is 2.58. The Morgan fingerprint density at radius 3 is 2.38 bits per heavy atom. The van der Waals surface area contributed by atoms with Crippen molar-refractivity contribution in [2.24, 2.45) is 0 Å². The van der Waals surface area contributed by atoms with Crippen LogP contribution in [0.1, 0.15) is 11.5 Å². The third-order valence-corrected chi connectivity index (χ3v) is 3.82. The summed E-state index contributed by atoms with van der Waals surface area (Å²) in [6.07, 6.45) is 3.73. The second-order valence-corrected chi connectivity index (χ2v) is 5.53. The predicted octanol–water partition coefficient (Wildman–Crippen LogP) is 5.37. The van der Waals surface area contributed by atoms with Crippen LogP contribution in [0.4, 0.5) is 0 Å². The van der Waals surface area contributed by atoms with Gasteiger partial charge >= 0.3 is 0 Å². The zero-order valence-corrected chi connectivity index (χ0v) is 12.9. The van der Waals surface area contributed by atoms with Crippen LogP contribution in [0.3, 0.4) is 0 Å². The van der Waals surface area contributed by atoms with Crippen molar-refractivity contribution in [1.29, 1.82) is 0 Å². The van der Waals surface area contributed by atoms with Crippen LogP contribution in [0.15, 0.2) is 77.2 Å². The summed E-state index contributed by atoms with van der Waals surface area (Å²) < 4.78 is 5.76. The summed E-state index contributed by atoms with van der Waals surface area (Å²) in [6, 6.07) is 23.2. The van der Waals surface area contributed by atoms with Crippen LogP contribution in [0.25, 0.3) is 34.4 Å². The van der Waals surface area contributed by atoms with Gasteiger partial charge in [0.25, 0.3) is 0 Å². The predicted molar refractivity (Wildman–Crippen MR) is 96.5 cm³/mol. The van der Waals surface area contributed by atoms with Crippen LogP contribution in [0, 0.1) is 0 Å². The summed E-state index contributed by atoms with van der Waals surface area (Å²) in [5.74, 6) is 0.811. The largest absolute Gasteiger partial charge is 0.508 e. The van der Waals surface area contributed by atoms with E-state index in [1.165, 1.54) is 0 Å². The van der Waals surface area contributed by atoms with Crippen molar-refractivity contribution < 1.29 is 9.52 Å². The van der Waals surface area contributed by atoms with Crippen molar-refractivity contribution in [3.63, 3.8) is 0 Å².